The molecule has 0 amide bonds. The number of aliphatic hydroxyl groups is 1. The Bertz CT molecular complexity index is 552. The van der Waals surface area contributed by atoms with Crippen molar-refractivity contribution in [1.82, 2.24) is 5.32 Å². The third-order valence-electron chi connectivity index (χ3n) is 3.42. The summed E-state index contributed by atoms with van der Waals surface area (Å²) in [5, 5.41) is 15.0. The van der Waals surface area contributed by atoms with E-state index >= 15 is 0 Å². The van der Waals surface area contributed by atoms with Gasteiger partial charge in [0.1, 0.15) is 5.75 Å². The number of ether oxygens (including phenoxy) is 1. The largest absolute Gasteiger partial charge is 0.497 e. The van der Waals surface area contributed by atoms with Gasteiger partial charge in [-0.1, -0.05) is 18.2 Å². The predicted octanol–water partition coefficient (Wildman–Crippen LogP) is 3.10. The molecule has 0 heterocycles. The summed E-state index contributed by atoms with van der Waals surface area (Å²) in [7, 11) is 1.69. The Morgan fingerprint density at radius 1 is 1.15 bits per heavy atom. The number of hydrogen-bond donors (Lipinski definition) is 2. The van der Waals surface area contributed by atoms with Gasteiger partial charge >= 0.3 is 0 Å². The van der Waals surface area contributed by atoms with Crippen molar-refractivity contribution in [2.75, 3.05) is 13.7 Å². The number of nitrogens with one attached hydrogen (secondary N) is 1. The third kappa shape index (κ3) is 4.22. The summed E-state index contributed by atoms with van der Waals surface area (Å²) in [5.41, 5.74) is 1.28. The van der Waals surface area contributed by atoms with Crippen molar-refractivity contribution in [2.24, 2.45) is 0 Å². The Morgan fingerprint density at radius 2 is 1.90 bits per heavy atom. The van der Waals surface area contributed by atoms with E-state index in [2.05, 4.69) is 35.6 Å². The number of benzene rings is 2. The highest BCUT2D eigenvalue weighted by Gasteiger charge is 1.99. The minimum atomic E-state index is -0.201. The van der Waals surface area contributed by atoms with Gasteiger partial charge in [0.25, 0.3) is 0 Å². The molecule has 0 saturated heterocycles. The standard InChI is InChI=1S/C17H23NO2/c1-13(19)4-3-9-18-12-14-5-6-16-11-17(20-2)8-7-15(16)10-14/h5-8,10-11,13,18-19H,3-4,9,12H2,1-2H3. The molecule has 0 aliphatic rings. The Balaban J connectivity index is 1.91. The van der Waals surface area contributed by atoms with Crippen molar-refractivity contribution in [1.29, 1.82) is 0 Å². The van der Waals surface area contributed by atoms with E-state index in [4.69, 9.17) is 4.74 Å². The number of aliphatic hydroxyl groups excluding tert-OH is 1. The second-order valence-corrected chi connectivity index (χ2v) is 5.22. The van der Waals surface area contributed by atoms with E-state index in [1.807, 2.05) is 13.0 Å². The first-order valence-electron chi connectivity index (χ1n) is 7.14. The molecule has 2 N–H and O–H groups in total. The smallest absolute Gasteiger partial charge is 0.119 e. The van der Waals surface area contributed by atoms with Crippen LogP contribution in [0.4, 0.5) is 0 Å². The van der Waals surface area contributed by atoms with Gasteiger partial charge in [0.2, 0.25) is 0 Å². The Morgan fingerprint density at radius 3 is 2.65 bits per heavy atom. The molecule has 0 aliphatic heterocycles. The summed E-state index contributed by atoms with van der Waals surface area (Å²) < 4.78 is 5.23. The Labute approximate surface area is 120 Å². The Hall–Kier alpha value is -1.58. The fraction of sp³-hybridized carbons (Fsp3) is 0.412. The fourth-order valence-corrected chi connectivity index (χ4v) is 2.27. The lowest BCUT2D eigenvalue weighted by Gasteiger charge is -2.08. The SMILES string of the molecule is COc1ccc2cc(CNCCCC(C)O)ccc2c1. The average molecular weight is 273 g/mol. The predicted molar refractivity (Wildman–Crippen MR) is 83.1 cm³/mol. The zero-order valence-corrected chi connectivity index (χ0v) is 12.2. The van der Waals surface area contributed by atoms with Crippen molar-refractivity contribution < 1.29 is 9.84 Å². The van der Waals surface area contributed by atoms with Crippen LogP contribution in [0.2, 0.25) is 0 Å². The molecule has 3 nitrogen and oxygen atoms in total. The van der Waals surface area contributed by atoms with Crippen molar-refractivity contribution >= 4 is 10.8 Å². The van der Waals surface area contributed by atoms with Gasteiger partial charge in [-0.2, -0.15) is 0 Å². The molecular weight excluding hydrogens is 250 g/mol. The van der Waals surface area contributed by atoms with E-state index in [1.54, 1.807) is 7.11 Å². The second-order valence-electron chi connectivity index (χ2n) is 5.22. The van der Waals surface area contributed by atoms with Gasteiger partial charge in [-0.05, 0) is 60.8 Å². The fourth-order valence-electron chi connectivity index (χ4n) is 2.27. The average Bonchev–Trinajstić information content (AvgIpc) is 2.46. The zero-order chi connectivity index (χ0) is 14.4. The number of rotatable bonds is 7. The van der Waals surface area contributed by atoms with Gasteiger partial charge in [0, 0.05) is 6.54 Å². The highest BCUT2D eigenvalue weighted by Crippen LogP contribution is 2.21. The maximum Gasteiger partial charge on any atom is 0.119 e. The van der Waals surface area contributed by atoms with E-state index < -0.39 is 0 Å². The summed E-state index contributed by atoms with van der Waals surface area (Å²) in [4.78, 5) is 0. The first-order chi connectivity index (χ1) is 9.69. The lowest BCUT2D eigenvalue weighted by molar-refractivity contribution is 0.181. The van der Waals surface area contributed by atoms with Crippen molar-refractivity contribution in [3.63, 3.8) is 0 Å². The minimum Gasteiger partial charge on any atom is -0.497 e. The summed E-state index contributed by atoms with van der Waals surface area (Å²) in [6.45, 7) is 3.63. The topological polar surface area (TPSA) is 41.5 Å². The van der Waals surface area contributed by atoms with Crippen LogP contribution in [0.1, 0.15) is 25.3 Å². The second kappa shape index (κ2) is 7.27. The zero-order valence-electron chi connectivity index (χ0n) is 12.2. The molecule has 0 radical (unpaired) electrons. The molecule has 0 bridgehead atoms. The molecule has 1 unspecified atom stereocenters. The molecule has 3 heteroatoms. The van der Waals surface area contributed by atoms with Crippen LogP contribution in [0.5, 0.6) is 5.75 Å². The van der Waals surface area contributed by atoms with Gasteiger partial charge in [-0.25, -0.2) is 0 Å². The normalized spacial score (nSPS) is 12.6. The Kier molecular flexibility index (Phi) is 5.39. The third-order valence-corrected chi connectivity index (χ3v) is 3.42. The minimum absolute atomic E-state index is 0.201. The molecule has 0 fully saturated rings. The molecule has 1 atom stereocenters. The van der Waals surface area contributed by atoms with E-state index in [0.717, 1.165) is 31.7 Å². The highest BCUT2D eigenvalue weighted by molar-refractivity contribution is 5.84. The van der Waals surface area contributed by atoms with Gasteiger partial charge in [0.15, 0.2) is 0 Å². The lowest BCUT2D eigenvalue weighted by Crippen LogP contribution is -2.16. The van der Waals surface area contributed by atoms with Crippen molar-refractivity contribution in [3.8, 4) is 5.75 Å². The summed E-state index contributed by atoms with van der Waals surface area (Å²) in [5.74, 6) is 0.890. The van der Waals surface area contributed by atoms with Gasteiger partial charge < -0.3 is 15.2 Å². The van der Waals surface area contributed by atoms with Crippen LogP contribution in [0.3, 0.4) is 0 Å². The molecule has 2 rings (SSSR count). The first kappa shape index (κ1) is 14.8. The first-order valence-corrected chi connectivity index (χ1v) is 7.14. The molecule has 2 aromatic carbocycles. The number of fused-ring (bicyclic) bond motifs is 1. The number of hydrogen-bond acceptors (Lipinski definition) is 3. The summed E-state index contributed by atoms with van der Waals surface area (Å²) in [6, 6.07) is 12.6. The molecule has 0 aliphatic carbocycles. The molecule has 108 valence electrons. The van der Waals surface area contributed by atoms with Crippen LogP contribution in [-0.2, 0) is 6.54 Å². The summed E-state index contributed by atoms with van der Waals surface area (Å²) >= 11 is 0. The summed E-state index contributed by atoms with van der Waals surface area (Å²) in [6.07, 6.45) is 1.65. The maximum absolute atomic E-state index is 9.19. The van der Waals surface area contributed by atoms with Crippen LogP contribution < -0.4 is 10.1 Å². The van der Waals surface area contributed by atoms with E-state index in [1.165, 1.54) is 16.3 Å². The van der Waals surface area contributed by atoms with Crippen LogP contribution in [0, 0.1) is 0 Å². The molecule has 2 aromatic rings. The maximum atomic E-state index is 9.19. The van der Waals surface area contributed by atoms with Gasteiger partial charge in [-0.15, -0.1) is 0 Å². The van der Waals surface area contributed by atoms with Crippen LogP contribution in [0.15, 0.2) is 36.4 Å². The van der Waals surface area contributed by atoms with E-state index in [-0.39, 0.29) is 6.10 Å². The molecular formula is C17H23NO2. The molecule has 0 aromatic heterocycles. The quantitative estimate of drug-likeness (QED) is 0.762. The van der Waals surface area contributed by atoms with Crippen molar-refractivity contribution in [3.05, 3.63) is 42.0 Å². The molecule has 0 spiro atoms. The van der Waals surface area contributed by atoms with Crippen LogP contribution in [-0.4, -0.2) is 24.9 Å². The molecule has 20 heavy (non-hydrogen) atoms. The van der Waals surface area contributed by atoms with E-state index in [0.29, 0.717) is 0 Å². The number of methoxy groups -OCH3 is 1. The van der Waals surface area contributed by atoms with E-state index in [9.17, 15) is 5.11 Å². The van der Waals surface area contributed by atoms with Gasteiger partial charge in [0.05, 0.1) is 13.2 Å². The van der Waals surface area contributed by atoms with Crippen molar-refractivity contribution in [2.45, 2.75) is 32.4 Å². The monoisotopic (exact) mass is 273 g/mol. The van der Waals surface area contributed by atoms with Crippen LogP contribution in [0.25, 0.3) is 10.8 Å². The van der Waals surface area contributed by atoms with Crippen LogP contribution >= 0.6 is 0 Å². The molecule has 0 saturated carbocycles. The van der Waals surface area contributed by atoms with Gasteiger partial charge in [-0.3, -0.25) is 0 Å². The highest BCUT2D eigenvalue weighted by atomic mass is 16.5. The lowest BCUT2D eigenvalue weighted by atomic mass is 10.1.